The third-order valence-electron chi connectivity index (χ3n) is 15.2. The molecule has 1 aliphatic carbocycles. The number of aromatic nitrogens is 9. The number of amides is 4. The number of rotatable bonds is 26. The van der Waals surface area contributed by atoms with Gasteiger partial charge in [-0.3, -0.25) is 28.8 Å². The summed E-state index contributed by atoms with van der Waals surface area (Å²) in [6.07, 6.45) is 15.8. The minimum Gasteiger partial charge on any atom is -0.494 e. The summed E-state index contributed by atoms with van der Waals surface area (Å²) in [5, 5.41) is 27.3. The van der Waals surface area contributed by atoms with Crippen molar-refractivity contribution in [3.8, 4) is 23.0 Å². The van der Waals surface area contributed by atoms with Crippen LogP contribution in [0, 0.1) is 5.92 Å². The van der Waals surface area contributed by atoms with Gasteiger partial charge in [-0.05, 0) is 133 Å². The Bertz CT molecular complexity index is 3390. The number of carbonyl (C=O) groups is 5. The highest BCUT2D eigenvalue weighted by Crippen LogP contribution is 2.37. The molecule has 1 saturated heterocycles. The molecular formula is C62H76N14O8S. The average Bonchev–Trinajstić information content (AvgIpc) is 4.25. The fourth-order valence-corrected chi connectivity index (χ4v) is 11.4. The third kappa shape index (κ3) is 16.6. The van der Waals surface area contributed by atoms with Crippen LogP contribution in [0.2, 0.25) is 0 Å². The maximum atomic E-state index is 14.6. The van der Waals surface area contributed by atoms with Crippen molar-refractivity contribution in [1.82, 2.24) is 65.1 Å². The minimum absolute atomic E-state index is 0.0400. The number of aryl methyl sites for hydroxylation is 1. The van der Waals surface area contributed by atoms with Crippen molar-refractivity contribution in [1.29, 1.82) is 0 Å². The van der Waals surface area contributed by atoms with E-state index < -0.39 is 29.7 Å². The summed E-state index contributed by atoms with van der Waals surface area (Å²) < 4.78 is 21.4. The molecule has 9 rings (SSSR count). The number of ketones is 1. The van der Waals surface area contributed by atoms with Crippen LogP contribution < -0.4 is 25.4 Å². The molecule has 23 heteroatoms. The van der Waals surface area contributed by atoms with E-state index in [9.17, 15) is 24.0 Å². The molecular weight excluding hydrogens is 1100 g/mol. The zero-order valence-electron chi connectivity index (χ0n) is 49.2. The van der Waals surface area contributed by atoms with Gasteiger partial charge in [-0.15, -0.1) is 26.6 Å². The van der Waals surface area contributed by atoms with Gasteiger partial charge in [-0.2, -0.15) is 0 Å². The lowest BCUT2D eigenvalue weighted by atomic mass is 9.83. The summed E-state index contributed by atoms with van der Waals surface area (Å²) in [5.74, 6) is 1.60. The van der Waals surface area contributed by atoms with Crippen molar-refractivity contribution < 1.29 is 38.2 Å². The molecule has 22 nitrogen and oxygen atoms in total. The molecule has 2 aliphatic rings. The topological polar surface area (TPSA) is 256 Å². The fourth-order valence-electron chi connectivity index (χ4n) is 10.4. The first-order valence-corrected chi connectivity index (χ1v) is 30.1. The predicted molar refractivity (Wildman–Crippen MR) is 319 cm³/mol. The number of hydrogen-bond donors (Lipinski definition) is 3. The Hall–Kier alpha value is -8.60. The van der Waals surface area contributed by atoms with Crippen LogP contribution in [0.4, 0.5) is 10.5 Å². The normalized spacial score (nSPS) is 15.2. The molecule has 3 N–H and O–H groups in total. The number of anilines is 1. The highest BCUT2D eigenvalue weighted by atomic mass is 32.1. The number of nitrogens with zero attached hydrogens (tertiary/aromatic N) is 11. The Balaban J connectivity index is 0.676. The Morgan fingerprint density at radius 2 is 1.60 bits per heavy atom. The largest absolute Gasteiger partial charge is 0.494 e. The Labute approximate surface area is 499 Å². The number of likely N-dealkylation sites (N-methyl/N-ethyl adjacent to an activating group) is 1. The van der Waals surface area contributed by atoms with Gasteiger partial charge in [0, 0.05) is 62.9 Å². The highest BCUT2D eigenvalue weighted by Gasteiger charge is 2.41. The molecule has 85 heavy (non-hydrogen) atoms. The molecule has 5 heterocycles. The monoisotopic (exact) mass is 1180 g/mol. The van der Waals surface area contributed by atoms with Crippen LogP contribution in [-0.2, 0) is 47.6 Å². The van der Waals surface area contributed by atoms with Crippen molar-refractivity contribution in [2.24, 2.45) is 13.0 Å². The molecule has 3 atom stereocenters. The maximum absolute atomic E-state index is 14.6. The summed E-state index contributed by atoms with van der Waals surface area (Å²) in [4.78, 5) is 84.6. The third-order valence-corrected chi connectivity index (χ3v) is 16.3. The number of carbonyl (C=O) groups excluding carboxylic acids is 5. The SMILES string of the molecule is C[C@@H](C(=O)NC(C(=O)N1CCC[C@H]1c1ncc(C(=O)c2cccc(OCc3cn(CCCCCCOc4cccc(CNC(=O)c5cccc(NCc6nnc(-c7ccncn7)n6C)c5)c4)nn3)c2)s1)C1CCCCC1)N(C)C(=O)OC(C)(C)C. The quantitative estimate of drug-likeness (QED) is 0.0337. The first kappa shape index (κ1) is 61.0. The first-order valence-electron chi connectivity index (χ1n) is 29.2. The van der Waals surface area contributed by atoms with Gasteiger partial charge >= 0.3 is 6.09 Å². The van der Waals surface area contributed by atoms with Crippen LogP contribution in [-0.4, -0.2) is 122 Å². The lowest BCUT2D eigenvalue weighted by Gasteiger charge is -2.36. The molecule has 1 saturated carbocycles. The van der Waals surface area contributed by atoms with E-state index in [1.165, 1.54) is 29.6 Å². The van der Waals surface area contributed by atoms with Gasteiger partial charge in [0.25, 0.3) is 5.91 Å². The van der Waals surface area contributed by atoms with Crippen LogP contribution in [0.3, 0.4) is 0 Å². The fraction of sp³-hybridized carbons (Fsp3) is 0.452. The number of benzene rings is 3. The molecule has 4 aromatic heterocycles. The van der Waals surface area contributed by atoms with Crippen molar-refractivity contribution in [3.63, 3.8) is 0 Å². The number of unbranched alkanes of at least 4 members (excludes halogenated alkanes) is 3. The lowest BCUT2D eigenvalue weighted by molar-refractivity contribution is -0.140. The van der Waals surface area contributed by atoms with E-state index in [2.05, 4.69) is 51.4 Å². The molecule has 1 aliphatic heterocycles. The van der Waals surface area contributed by atoms with Crippen LogP contribution in [0.5, 0.6) is 11.5 Å². The van der Waals surface area contributed by atoms with E-state index in [0.29, 0.717) is 89.0 Å². The predicted octanol–water partition coefficient (Wildman–Crippen LogP) is 9.30. The van der Waals surface area contributed by atoms with Crippen LogP contribution in [0.25, 0.3) is 11.5 Å². The van der Waals surface area contributed by atoms with E-state index in [1.807, 2.05) is 69.9 Å². The minimum atomic E-state index is -0.866. The Morgan fingerprint density at radius 1 is 0.824 bits per heavy atom. The second-order valence-corrected chi connectivity index (χ2v) is 23.7. The van der Waals surface area contributed by atoms with Gasteiger partial charge in [0.05, 0.1) is 30.3 Å². The zero-order valence-corrected chi connectivity index (χ0v) is 50.1. The highest BCUT2D eigenvalue weighted by molar-refractivity contribution is 7.14. The molecule has 7 aromatic rings. The number of hydrogen-bond acceptors (Lipinski definition) is 17. The number of nitrogens with one attached hydrogen (secondary N) is 3. The molecule has 0 spiro atoms. The van der Waals surface area contributed by atoms with Gasteiger partial charge in [0.15, 0.2) is 11.6 Å². The molecule has 2 fully saturated rings. The lowest BCUT2D eigenvalue weighted by Crippen LogP contribution is -2.56. The molecule has 4 amide bonds. The zero-order chi connectivity index (χ0) is 59.9. The smallest absolute Gasteiger partial charge is 0.410 e. The van der Waals surface area contributed by atoms with Crippen molar-refractivity contribution in [2.45, 2.75) is 148 Å². The van der Waals surface area contributed by atoms with E-state index in [4.69, 9.17) is 14.2 Å². The molecule has 0 bridgehead atoms. The second-order valence-electron chi connectivity index (χ2n) is 22.6. The summed E-state index contributed by atoms with van der Waals surface area (Å²) in [7, 11) is 3.41. The second kappa shape index (κ2) is 28.8. The summed E-state index contributed by atoms with van der Waals surface area (Å²) in [5.41, 5.74) is 3.30. The number of thiazole rings is 1. The van der Waals surface area contributed by atoms with Crippen LogP contribution in [0.15, 0.2) is 104 Å². The Kier molecular flexibility index (Phi) is 20.7. The number of ether oxygens (including phenoxy) is 3. The van der Waals surface area contributed by atoms with Gasteiger partial charge in [-0.25, -0.2) is 19.7 Å². The van der Waals surface area contributed by atoms with E-state index >= 15 is 0 Å². The molecule has 3 aromatic carbocycles. The van der Waals surface area contributed by atoms with E-state index in [0.717, 1.165) is 81.2 Å². The molecule has 448 valence electrons. The van der Waals surface area contributed by atoms with Crippen LogP contribution >= 0.6 is 11.3 Å². The summed E-state index contributed by atoms with van der Waals surface area (Å²) >= 11 is 1.28. The van der Waals surface area contributed by atoms with Crippen molar-refractivity contribution in [2.75, 3.05) is 25.5 Å². The number of likely N-dealkylation sites (tertiary alicyclic amines) is 1. The summed E-state index contributed by atoms with van der Waals surface area (Å²) in [6, 6.07) is 21.9. The summed E-state index contributed by atoms with van der Waals surface area (Å²) in [6.45, 7) is 9.65. The van der Waals surface area contributed by atoms with E-state index in [-0.39, 0.29) is 36.2 Å². The van der Waals surface area contributed by atoms with Gasteiger partial charge in [0.1, 0.15) is 58.5 Å². The standard InChI is InChI=1S/C62H76N14O8S/c1-41(73(5)61(81)84-62(2,3)4)57(78)68-54(43-19-10-9-11-20-43)60(80)76-30-17-26-51(76)59-66-36-52(85-59)55(77)44-21-16-25-49(34-44)83-39-47-38-75(72-69-47)29-12-7-8-13-31-82-48-24-14-18-42(32-48)35-65-58(79)45-22-15-23-46(33-45)64-37-53-70-71-56(74(53)6)50-27-28-63-40-67-50/h14-16,18,21-25,27-28,32-34,36,38,40-41,43,51,54,64H,7-13,17,19-20,26,29-31,35,37,39H2,1-6H3,(H,65,79)(H,68,78)/t41-,51-,54?/m0/s1. The van der Waals surface area contributed by atoms with Crippen molar-refractivity contribution in [3.05, 3.63) is 142 Å². The van der Waals surface area contributed by atoms with Crippen molar-refractivity contribution >= 4 is 46.6 Å². The van der Waals surface area contributed by atoms with Gasteiger partial charge in [0.2, 0.25) is 17.6 Å². The maximum Gasteiger partial charge on any atom is 0.410 e. The van der Waals surface area contributed by atoms with E-state index in [1.54, 1.807) is 76.5 Å². The van der Waals surface area contributed by atoms with Crippen LogP contribution in [0.1, 0.15) is 152 Å². The first-order chi connectivity index (χ1) is 41.1. The molecule has 1 unspecified atom stereocenters. The van der Waals surface area contributed by atoms with Gasteiger partial charge in [-0.1, -0.05) is 61.2 Å². The molecule has 0 radical (unpaired) electrons. The van der Waals surface area contributed by atoms with Gasteiger partial charge < -0.3 is 39.6 Å². The average molecular weight is 1180 g/mol. The Morgan fingerprint density at radius 3 is 2.40 bits per heavy atom.